The molecule has 2 saturated heterocycles. The molecule has 4 unspecified atom stereocenters. The third-order valence-electron chi connectivity index (χ3n) is 8.87. The number of carbonyl (C=O) groups excluding carboxylic acids is 2. The van der Waals surface area contributed by atoms with E-state index in [1.807, 2.05) is 30.3 Å². The van der Waals surface area contributed by atoms with Gasteiger partial charge in [-0.1, -0.05) is 36.4 Å². The van der Waals surface area contributed by atoms with Crippen LogP contribution in [0.1, 0.15) is 22.9 Å². The second-order valence-corrected chi connectivity index (χ2v) is 13.6. The Hall–Kier alpha value is -4.49. The molecule has 2 aromatic carbocycles. The van der Waals surface area contributed by atoms with Gasteiger partial charge in [0.05, 0.1) is 34.9 Å². The van der Waals surface area contributed by atoms with Gasteiger partial charge < -0.3 is 10.1 Å². The van der Waals surface area contributed by atoms with E-state index in [0.717, 1.165) is 22.1 Å². The van der Waals surface area contributed by atoms with Crippen molar-refractivity contribution in [1.29, 1.82) is 0 Å². The highest BCUT2D eigenvalue weighted by molar-refractivity contribution is 7.90. The quantitative estimate of drug-likeness (QED) is 0.253. The molecule has 3 N–H and O–H groups in total. The minimum atomic E-state index is -3.54. The summed E-state index contributed by atoms with van der Waals surface area (Å²) in [5.74, 6) is -5.92. The van der Waals surface area contributed by atoms with Crippen molar-refractivity contribution in [3.05, 3.63) is 88.0 Å². The summed E-state index contributed by atoms with van der Waals surface area (Å²) in [4.78, 5) is 59.3. The Balaban J connectivity index is 1.53. The zero-order valence-electron chi connectivity index (χ0n) is 23.8. The van der Waals surface area contributed by atoms with Crippen LogP contribution in [0.2, 0.25) is 0 Å². The van der Waals surface area contributed by atoms with Crippen LogP contribution < -0.4 is 10.9 Å². The second-order valence-electron chi connectivity index (χ2n) is 11.4. The average Bonchev–Trinajstić information content (AvgIpc) is 3.65. The Bertz CT molecular complexity index is 1960. The lowest BCUT2D eigenvalue weighted by Crippen LogP contribution is -2.57. The van der Waals surface area contributed by atoms with Crippen LogP contribution in [0.5, 0.6) is 0 Å². The molecular formula is C30H31N5O7S. The molecule has 2 aliphatic rings. The van der Waals surface area contributed by atoms with Crippen LogP contribution in [-0.2, 0) is 37.7 Å². The Morgan fingerprint density at radius 1 is 1.02 bits per heavy atom. The number of amides is 2. The van der Waals surface area contributed by atoms with Gasteiger partial charge in [-0.05, 0) is 30.7 Å². The number of fused-ring (bicyclic) bond motifs is 2. The Morgan fingerprint density at radius 3 is 2.37 bits per heavy atom. The molecule has 0 aliphatic carbocycles. The number of imide groups is 1. The molecule has 2 aromatic heterocycles. The van der Waals surface area contributed by atoms with Crippen molar-refractivity contribution in [1.82, 2.24) is 24.6 Å². The fourth-order valence-corrected chi connectivity index (χ4v) is 7.26. The van der Waals surface area contributed by atoms with Crippen LogP contribution in [-0.4, -0.2) is 74.6 Å². The van der Waals surface area contributed by atoms with E-state index in [1.165, 1.54) is 4.68 Å². The Labute approximate surface area is 246 Å². The number of carboxylic acid groups (broad SMARTS) is 1. The fraction of sp³-hybridized carbons (Fsp3) is 0.333. The molecule has 4 atom stereocenters. The molecule has 4 heterocycles. The minimum Gasteiger partial charge on any atom is -0.480 e. The molecule has 224 valence electrons. The summed E-state index contributed by atoms with van der Waals surface area (Å²) >= 11 is 0. The van der Waals surface area contributed by atoms with E-state index in [9.17, 15) is 32.7 Å². The number of hydrogen-bond acceptors (Lipinski definition) is 7. The third kappa shape index (κ3) is 4.41. The minimum absolute atomic E-state index is 0.165. The number of aliphatic carboxylic acids is 1. The first-order valence-electron chi connectivity index (χ1n) is 13.8. The predicted molar refractivity (Wildman–Crippen MR) is 157 cm³/mol. The maximum Gasteiger partial charge on any atom is 0.325 e. The van der Waals surface area contributed by atoms with Gasteiger partial charge in [0.2, 0.25) is 11.8 Å². The average molecular weight is 606 g/mol. The van der Waals surface area contributed by atoms with Gasteiger partial charge in [0, 0.05) is 49.1 Å². The van der Waals surface area contributed by atoms with Crippen molar-refractivity contribution in [3.63, 3.8) is 0 Å². The van der Waals surface area contributed by atoms with E-state index in [-0.39, 0.29) is 12.0 Å². The number of H-pyrrole nitrogens is 1. The van der Waals surface area contributed by atoms with Gasteiger partial charge >= 0.3 is 5.97 Å². The van der Waals surface area contributed by atoms with E-state index in [0.29, 0.717) is 16.9 Å². The van der Waals surface area contributed by atoms with Crippen LogP contribution in [0.25, 0.3) is 16.6 Å². The highest BCUT2D eigenvalue weighted by Gasteiger charge is 2.69. The molecule has 0 saturated carbocycles. The van der Waals surface area contributed by atoms with Crippen LogP contribution in [0.15, 0.2) is 65.6 Å². The Morgan fingerprint density at radius 2 is 1.70 bits per heavy atom. The Kier molecular flexibility index (Phi) is 6.69. The first kappa shape index (κ1) is 28.6. The summed E-state index contributed by atoms with van der Waals surface area (Å²) in [5, 5.41) is 14.7. The number of para-hydroxylation sites is 2. The van der Waals surface area contributed by atoms with E-state index in [4.69, 9.17) is 0 Å². The van der Waals surface area contributed by atoms with E-state index >= 15 is 0 Å². The van der Waals surface area contributed by atoms with Crippen molar-refractivity contribution in [2.45, 2.75) is 24.9 Å². The zero-order valence-corrected chi connectivity index (χ0v) is 24.6. The topological polar surface area (TPSA) is 164 Å². The largest absolute Gasteiger partial charge is 0.480 e. The van der Waals surface area contributed by atoms with Gasteiger partial charge in [0.15, 0.2) is 0 Å². The SMILES string of the molecule is Cc1c(C2NC(Cc3c[nH]c4ccccc34)(C(=O)O)C3C(=O)N(CCS(C)(=O)=O)C(=O)C23)c(=O)n(-c2ccccc2)n1C. The summed E-state index contributed by atoms with van der Waals surface area (Å²) in [6, 6.07) is 15.1. The number of nitrogens with one attached hydrogen (secondary N) is 2. The molecule has 2 amide bonds. The lowest BCUT2D eigenvalue weighted by atomic mass is 9.76. The van der Waals surface area contributed by atoms with Gasteiger partial charge in [0.1, 0.15) is 15.4 Å². The fourth-order valence-electron chi connectivity index (χ4n) is 6.75. The molecule has 0 spiro atoms. The van der Waals surface area contributed by atoms with Crippen LogP contribution in [0.4, 0.5) is 0 Å². The monoisotopic (exact) mass is 605 g/mol. The number of hydrogen-bond donors (Lipinski definition) is 3. The summed E-state index contributed by atoms with van der Waals surface area (Å²) in [6.45, 7) is 1.30. The number of likely N-dealkylation sites (tertiary alicyclic amines) is 1. The molecule has 0 bridgehead atoms. The number of aromatic nitrogens is 3. The van der Waals surface area contributed by atoms with Gasteiger partial charge in [-0.15, -0.1) is 0 Å². The standard InChI is InChI=1S/C30H31N5O7S/c1-17-22(27(37)35(33(17)2)19-9-5-4-6-10-19)25-23-24(28(38)34(26(23)36)13-14-43(3,41)42)30(32-25,29(39)40)15-18-16-31-21-12-8-7-11-20(18)21/h4-12,16,23-25,31-32H,13-15H2,1-3H3,(H,39,40). The lowest BCUT2D eigenvalue weighted by molar-refractivity contribution is -0.151. The number of aromatic amines is 1. The number of nitrogens with zero attached hydrogens (tertiary/aromatic N) is 3. The summed E-state index contributed by atoms with van der Waals surface area (Å²) in [5.41, 5.74) is 0.210. The molecular weight excluding hydrogens is 574 g/mol. The van der Waals surface area contributed by atoms with Gasteiger partial charge in [0.25, 0.3) is 5.56 Å². The third-order valence-corrected chi connectivity index (χ3v) is 9.79. The van der Waals surface area contributed by atoms with Crippen molar-refractivity contribution in [3.8, 4) is 5.69 Å². The predicted octanol–water partition coefficient (Wildman–Crippen LogP) is 1.32. The first-order valence-corrected chi connectivity index (χ1v) is 15.8. The number of benzene rings is 2. The van der Waals surface area contributed by atoms with Gasteiger partial charge in [-0.2, -0.15) is 0 Å². The smallest absolute Gasteiger partial charge is 0.325 e. The number of sulfone groups is 1. The van der Waals surface area contributed by atoms with Gasteiger partial charge in [-0.3, -0.25) is 34.1 Å². The highest BCUT2D eigenvalue weighted by atomic mass is 32.2. The van der Waals surface area contributed by atoms with Crippen molar-refractivity contribution >= 4 is 38.5 Å². The first-order chi connectivity index (χ1) is 20.4. The van der Waals surface area contributed by atoms with Crippen molar-refractivity contribution in [2.75, 3.05) is 18.6 Å². The van der Waals surface area contributed by atoms with E-state index in [2.05, 4.69) is 10.3 Å². The summed E-state index contributed by atoms with van der Waals surface area (Å²) < 4.78 is 27.0. The van der Waals surface area contributed by atoms with E-state index in [1.54, 1.807) is 49.1 Å². The molecule has 2 fully saturated rings. The second kappa shape index (κ2) is 10.1. The molecule has 12 nitrogen and oxygen atoms in total. The maximum absolute atomic E-state index is 14.0. The van der Waals surface area contributed by atoms with E-state index < -0.39 is 68.9 Å². The molecule has 13 heteroatoms. The van der Waals surface area contributed by atoms with Crippen LogP contribution in [0.3, 0.4) is 0 Å². The molecule has 2 aliphatic heterocycles. The number of carbonyl (C=O) groups is 3. The van der Waals surface area contributed by atoms with Gasteiger partial charge in [-0.25, -0.2) is 13.1 Å². The van der Waals surface area contributed by atoms with Crippen molar-refractivity contribution < 1.29 is 27.9 Å². The van der Waals surface area contributed by atoms with Crippen LogP contribution in [0, 0.1) is 18.8 Å². The zero-order chi connectivity index (χ0) is 30.8. The number of carboxylic acids is 1. The maximum atomic E-state index is 14.0. The normalized spacial score (nSPS) is 23.8. The molecule has 6 rings (SSSR count). The molecule has 0 radical (unpaired) electrons. The summed E-state index contributed by atoms with van der Waals surface area (Å²) in [7, 11) is -1.85. The molecule has 43 heavy (non-hydrogen) atoms. The lowest BCUT2D eigenvalue weighted by Gasteiger charge is -2.31. The molecule has 4 aromatic rings. The summed E-state index contributed by atoms with van der Waals surface area (Å²) in [6.07, 6.45) is 2.51. The highest BCUT2D eigenvalue weighted by Crippen LogP contribution is 2.50. The van der Waals surface area contributed by atoms with Crippen molar-refractivity contribution in [2.24, 2.45) is 18.9 Å². The number of rotatable bonds is 8. The van der Waals surface area contributed by atoms with Crippen LogP contribution >= 0.6 is 0 Å².